The molecule has 3 heteroatoms. The molecule has 0 spiro atoms. The van der Waals surface area contributed by atoms with Gasteiger partial charge in [-0.15, -0.1) is 12.3 Å². The Balaban J connectivity index is 2.06. The zero-order valence-corrected chi connectivity index (χ0v) is 10.8. The molecule has 1 aromatic carbocycles. The highest BCUT2D eigenvalue weighted by molar-refractivity contribution is 5.28. The maximum absolute atomic E-state index is 5.89. The van der Waals surface area contributed by atoms with E-state index in [4.69, 9.17) is 20.6 Å². The zero-order valence-electron chi connectivity index (χ0n) is 10.8. The van der Waals surface area contributed by atoms with Gasteiger partial charge in [0.2, 0.25) is 0 Å². The lowest BCUT2D eigenvalue weighted by Gasteiger charge is -2.34. The standard InChI is InChI=1S/C15H18O3/c1-4-5-14-11(2)10-17-15(18-14)12-6-8-13(16-3)9-7-12/h1,6-9,11,14-15H,5,10H2,2-3H3/t11-,14+,15-/m1/s1. The minimum Gasteiger partial charge on any atom is -0.497 e. The normalized spacial score (nSPS) is 27.5. The Kier molecular flexibility index (Phi) is 4.24. The molecule has 0 unspecified atom stereocenters. The van der Waals surface area contributed by atoms with E-state index >= 15 is 0 Å². The zero-order chi connectivity index (χ0) is 13.0. The largest absolute Gasteiger partial charge is 0.497 e. The topological polar surface area (TPSA) is 27.7 Å². The molecule has 1 heterocycles. The summed E-state index contributed by atoms with van der Waals surface area (Å²) in [4.78, 5) is 0. The molecule has 0 amide bonds. The van der Waals surface area contributed by atoms with Gasteiger partial charge in [-0.2, -0.15) is 0 Å². The van der Waals surface area contributed by atoms with Crippen molar-refractivity contribution >= 4 is 0 Å². The van der Waals surface area contributed by atoms with Crippen molar-refractivity contribution in [3.8, 4) is 18.1 Å². The highest BCUT2D eigenvalue weighted by Crippen LogP contribution is 2.31. The molecule has 3 nitrogen and oxygen atoms in total. The number of terminal acetylenes is 1. The first-order valence-corrected chi connectivity index (χ1v) is 6.09. The van der Waals surface area contributed by atoms with Crippen molar-refractivity contribution in [1.82, 2.24) is 0 Å². The van der Waals surface area contributed by atoms with Crippen molar-refractivity contribution in [1.29, 1.82) is 0 Å². The lowest BCUT2D eigenvalue weighted by molar-refractivity contribution is -0.236. The Morgan fingerprint density at radius 1 is 1.39 bits per heavy atom. The van der Waals surface area contributed by atoms with Crippen LogP contribution in [0.25, 0.3) is 0 Å². The average Bonchev–Trinajstić information content (AvgIpc) is 2.42. The summed E-state index contributed by atoms with van der Waals surface area (Å²) in [5.41, 5.74) is 0.990. The number of rotatable bonds is 3. The van der Waals surface area contributed by atoms with Gasteiger partial charge in [0.15, 0.2) is 6.29 Å². The first kappa shape index (κ1) is 12.9. The Labute approximate surface area is 108 Å². The van der Waals surface area contributed by atoms with Crippen molar-refractivity contribution in [3.05, 3.63) is 29.8 Å². The first-order chi connectivity index (χ1) is 8.74. The average molecular weight is 246 g/mol. The van der Waals surface area contributed by atoms with Gasteiger partial charge in [0.25, 0.3) is 0 Å². The molecule has 1 aliphatic rings. The maximum atomic E-state index is 5.89. The van der Waals surface area contributed by atoms with Gasteiger partial charge < -0.3 is 14.2 Å². The summed E-state index contributed by atoms with van der Waals surface area (Å²) in [6, 6.07) is 7.70. The second-order valence-corrected chi connectivity index (χ2v) is 4.50. The molecular formula is C15H18O3. The van der Waals surface area contributed by atoms with E-state index in [0.29, 0.717) is 18.9 Å². The molecular weight excluding hydrogens is 228 g/mol. The smallest absolute Gasteiger partial charge is 0.184 e. The SMILES string of the molecule is C#CC[C@@H]1O[C@H](c2ccc(OC)cc2)OC[C@H]1C. The third-order valence-electron chi connectivity index (χ3n) is 3.15. The molecule has 0 aromatic heterocycles. The van der Waals surface area contributed by atoms with Crippen LogP contribution >= 0.6 is 0 Å². The minimum atomic E-state index is -0.328. The monoisotopic (exact) mass is 246 g/mol. The van der Waals surface area contributed by atoms with Crippen LogP contribution in [0.2, 0.25) is 0 Å². The summed E-state index contributed by atoms with van der Waals surface area (Å²) in [6.45, 7) is 2.76. The van der Waals surface area contributed by atoms with Crippen molar-refractivity contribution in [2.45, 2.75) is 25.7 Å². The first-order valence-electron chi connectivity index (χ1n) is 6.09. The fraction of sp³-hybridized carbons (Fsp3) is 0.467. The Bertz CT molecular complexity index is 418. The minimum absolute atomic E-state index is 0.0656. The van der Waals surface area contributed by atoms with Crippen molar-refractivity contribution in [2.75, 3.05) is 13.7 Å². The van der Waals surface area contributed by atoms with Gasteiger partial charge in [-0.3, -0.25) is 0 Å². The van der Waals surface area contributed by atoms with Crippen LogP contribution in [0.5, 0.6) is 5.75 Å². The highest BCUT2D eigenvalue weighted by Gasteiger charge is 2.29. The molecule has 1 saturated heterocycles. The number of benzene rings is 1. The summed E-state index contributed by atoms with van der Waals surface area (Å²) in [5.74, 6) is 3.81. The van der Waals surface area contributed by atoms with E-state index in [0.717, 1.165) is 11.3 Å². The van der Waals surface area contributed by atoms with Crippen molar-refractivity contribution < 1.29 is 14.2 Å². The van der Waals surface area contributed by atoms with E-state index in [1.807, 2.05) is 24.3 Å². The van der Waals surface area contributed by atoms with E-state index in [-0.39, 0.29) is 12.4 Å². The molecule has 0 radical (unpaired) electrons. The molecule has 3 atom stereocenters. The van der Waals surface area contributed by atoms with Gasteiger partial charge in [-0.05, 0) is 12.1 Å². The third kappa shape index (κ3) is 2.84. The predicted octanol–water partition coefficient (Wildman–Crippen LogP) is 2.77. The van der Waals surface area contributed by atoms with Crippen LogP contribution < -0.4 is 4.74 Å². The molecule has 0 bridgehead atoms. The van der Waals surface area contributed by atoms with Crippen LogP contribution in [-0.2, 0) is 9.47 Å². The molecule has 2 rings (SSSR count). The molecule has 1 aromatic rings. The lowest BCUT2D eigenvalue weighted by atomic mass is 10.0. The Morgan fingerprint density at radius 3 is 2.72 bits per heavy atom. The predicted molar refractivity (Wildman–Crippen MR) is 69.2 cm³/mol. The van der Waals surface area contributed by atoms with E-state index in [1.54, 1.807) is 7.11 Å². The highest BCUT2D eigenvalue weighted by atomic mass is 16.7. The molecule has 0 N–H and O–H groups in total. The van der Waals surface area contributed by atoms with Crippen LogP contribution in [0, 0.1) is 18.3 Å². The van der Waals surface area contributed by atoms with Crippen molar-refractivity contribution in [2.24, 2.45) is 5.92 Å². The van der Waals surface area contributed by atoms with E-state index in [9.17, 15) is 0 Å². The van der Waals surface area contributed by atoms with Crippen LogP contribution in [0.4, 0.5) is 0 Å². The third-order valence-corrected chi connectivity index (χ3v) is 3.15. The molecule has 1 aliphatic heterocycles. The Morgan fingerprint density at radius 2 is 2.11 bits per heavy atom. The van der Waals surface area contributed by atoms with E-state index in [1.165, 1.54) is 0 Å². The maximum Gasteiger partial charge on any atom is 0.184 e. The van der Waals surface area contributed by atoms with Gasteiger partial charge in [-0.1, -0.05) is 19.1 Å². The summed E-state index contributed by atoms with van der Waals surface area (Å²) in [5, 5.41) is 0. The van der Waals surface area contributed by atoms with E-state index < -0.39 is 0 Å². The summed E-state index contributed by atoms with van der Waals surface area (Å²) in [6.07, 6.45) is 5.72. The molecule has 0 aliphatic carbocycles. The molecule has 1 fully saturated rings. The fourth-order valence-electron chi connectivity index (χ4n) is 1.98. The van der Waals surface area contributed by atoms with Crippen LogP contribution in [-0.4, -0.2) is 19.8 Å². The van der Waals surface area contributed by atoms with Gasteiger partial charge in [0, 0.05) is 17.9 Å². The van der Waals surface area contributed by atoms with Crippen LogP contribution in [0.3, 0.4) is 0 Å². The van der Waals surface area contributed by atoms with Crippen molar-refractivity contribution in [3.63, 3.8) is 0 Å². The quantitative estimate of drug-likeness (QED) is 0.767. The number of ether oxygens (including phenoxy) is 3. The molecule has 18 heavy (non-hydrogen) atoms. The fourth-order valence-corrected chi connectivity index (χ4v) is 1.98. The summed E-state index contributed by atoms with van der Waals surface area (Å²) >= 11 is 0. The lowest BCUT2D eigenvalue weighted by Crippen LogP contribution is -2.34. The molecule has 0 saturated carbocycles. The second kappa shape index (κ2) is 5.90. The van der Waals surface area contributed by atoms with Gasteiger partial charge in [0.1, 0.15) is 5.75 Å². The van der Waals surface area contributed by atoms with Gasteiger partial charge in [-0.25, -0.2) is 0 Å². The second-order valence-electron chi connectivity index (χ2n) is 4.50. The van der Waals surface area contributed by atoms with Crippen LogP contribution in [0.1, 0.15) is 25.2 Å². The number of methoxy groups -OCH3 is 1. The van der Waals surface area contributed by atoms with E-state index in [2.05, 4.69) is 12.8 Å². The summed E-state index contributed by atoms with van der Waals surface area (Å²) in [7, 11) is 1.65. The summed E-state index contributed by atoms with van der Waals surface area (Å²) < 4.78 is 16.7. The van der Waals surface area contributed by atoms with Crippen LogP contribution in [0.15, 0.2) is 24.3 Å². The number of hydrogen-bond donors (Lipinski definition) is 0. The van der Waals surface area contributed by atoms with Gasteiger partial charge in [0.05, 0.1) is 19.8 Å². The number of hydrogen-bond acceptors (Lipinski definition) is 3. The Hall–Kier alpha value is -1.50. The molecule has 96 valence electrons. The van der Waals surface area contributed by atoms with Gasteiger partial charge >= 0.3 is 0 Å².